The molecular weight excluding hydrogens is 510 g/mol. The molecule has 1 aliphatic rings. The molecule has 0 unspecified atom stereocenters. The SMILES string of the molecule is CCC[C@H]1CN(CC(=O)c2cc(C(C)(C)C)c(O)c(C(C)(C)C)c2)C(=NBr)[C@@H]1Cc1nccs1. The molecule has 0 saturated carbocycles. The number of hydrogen-bond donors (Lipinski definition) is 1. The summed E-state index contributed by atoms with van der Waals surface area (Å²) in [5.74, 6) is 1.97. The van der Waals surface area contributed by atoms with E-state index in [1.807, 2.05) is 23.7 Å². The van der Waals surface area contributed by atoms with E-state index in [1.54, 1.807) is 11.3 Å². The van der Waals surface area contributed by atoms with Crippen LogP contribution < -0.4 is 0 Å². The zero-order valence-corrected chi connectivity index (χ0v) is 23.9. The Balaban J connectivity index is 1.92. The number of hydrogen-bond acceptors (Lipinski definition) is 5. The Morgan fingerprint density at radius 2 is 1.82 bits per heavy atom. The Morgan fingerprint density at radius 1 is 1.21 bits per heavy atom. The number of likely N-dealkylation sites (tertiary alicyclic amines) is 1. The first-order chi connectivity index (χ1) is 15.9. The second-order valence-electron chi connectivity index (χ2n) is 11.5. The molecule has 5 nitrogen and oxygen atoms in total. The van der Waals surface area contributed by atoms with Gasteiger partial charge in [0.25, 0.3) is 0 Å². The minimum absolute atomic E-state index is 0.0507. The Morgan fingerprint density at radius 3 is 2.29 bits per heavy atom. The molecule has 3 rings (SSSR count). The highest BCUT2D eigenvalue weighted by Crippen LogP contribution is 2.40. The minimum Gasteiger partial charge on any atom is -0.507 e. The third kappa shape index (κ3) is 5.91. The van der Waals surface area contributed by atoms with Crippen molar-refractivity contribution >= 4 is 39.1 Å². The summed E-state index contributed by atoms with van der Waals surface area (Å²) in [7, 11) is 0. The summed E-state index contributed by atoms with van der Waals surface area (Å²) >= 11 is 5.03. The number of carbonyl (C=O) groups is 1. The highest BCUT2D eigenvalue weighted by Gasteiger charge is 2.39. The fourth-order valence-electron chi connectivity index (χ4n) is 4.88. The van der Waals surface area contributed by atoms with Crippen LogP contribution in [-0.4, -0.2) is 39.7 Å². The highest BCUT2D eigenvalue weighted by molar-refractivity contribution is 9.08. The number of rotatable bonds is 7. The number of phenolic OH excluding ortho intramolecular Hbond substituents is 1. The van der Waals surface area contributed by atoms with Gasteiger partial charge in [0.1, 0.15) is 11.6 Å². The van der Waals surface area contributed by atoms with Gasteiger partial charge in [0, 0.05) is 47.2 Å². The number of halogens is 1. The van der Waals surface area contributed by atoms with Crippen LogP contribution in [-0.2, 0) is 17.3 Å². The Hall–Kier alpha value is -1.73. The van der Waals surface area contributed by atoms with Crippen molar-refractivity contribution < 1.29 is 9.90 Å². The Labute approximate surface area is 217 Å². The molecule has 0 amide bonds. The van der Waals surface area contributed by atoms with Crippen molar-refractivity contribution in [1.82, 2.24) is 9.88 Å². The fraction of sp³-hybridized carbons (Fsp3) is 0.593. The number of nitrogens with zero attached hydrogens (tertiary/aromatic N) is 3. The van der Waals surface area contributed by atoms with Gasteiger partial charge in [-0.1, -0.05) is 54.9 Å². The summed E-state index contributed by atoms with van der Waals surface area (Å²) in [5, 5.41) is 14.1. The van der Waals surface area contributed by atoms with E-state index in [9.17, 15) is 9.90 Å². The van der Waals surface area contributed by atoms with Crippen molar-refractivity contribution in [1.29, 1.82) is 0 Å². The molecule has 0 spiro atoms. The predicted octanol–water partition coefficient (Wildman–Crippen LogP) is 6.93. The normalized spacial score (nSPS) is 20.4. The lowest BCUT2D eigenvalue weighted by Crippen LogP contribution is -2.33. The number of phenols is 1. The van der Waals surface area contributed by atoms with Crippen LogP contribution in [0.25, 0.3) is 0 Å². The summed E-state index contributed by atoms with van der Waals surface area (Å²) in [5.41, 5.74) is 1.72. The lowest BCUT2D eigenvalue weighted by Gasteiger charge is -2.28. The first-order valence-electron chi connectivity index (χ1n) is 12.1. The van der Waals surface area contributed by atoms with E-state index >= 15 is 0 Å². The van der Waals surface area contributed by atoms with Crippen LogP contribution in [0.3, 0.4) is 0 Å². The number of aromatic hydroxyl groups is 1. The molecule has 34 heavy (non-hydrogen) atoms. The maximum atomic E-state index is 13.6. The van der Waals surface area contributed by atoms with Crippen LogP contribution in [0.1, 0.15) is 87.8 Å². The van der Waals surface area contributed by atoms with Gasteiger partial charge in [-0.05, 0) is 35.3 Å². The van der Waals surface area contributed by atoms with Gasteiger partial charge in [0.15, 0.2) is 5.78 Å². The first kappa shape index (κ1) is 26.9. The zero-order valence-electron chi connectivity index (χ0n) is 21.5. The monoisotopic (exact) mass is 547 g/mol. The van der Waals surface area contributed by atoms with Gasteiger partial charge in [0.05, 0.1) is 27.7 Å². The summed E-state index contributed by atoms with van der Waals surface area (Å²) in [4.78, 5) is 20.2. The van der Waals surface area contributed by atoms with E-state index in [4.69, 9.17) is 0 Å². The van der Waals surface area contributed by atoms with E-state index in [2.05, 4.69) is 78.5 Å². The van der Waals surface area contributed by atoms with Crippen molar-refractivity contribution in [2.24, 2.45) is 15.9 Å². The van der Waals surface area contributed by atoms with Crippen LogP contribution in [0, 0.1) is 11.8 Å². The molecule has 1 aliphatic heterocycles. The second kappa shape index (κ2) is 10.5. The van der Waals surface area contributed by atoms with Crippen LogP contribution in [0.4, 0.5) is 0 Å². The summed E-state index contributed by atoms with van der Waals surface area (Å²) in [6.45, 7) is 15.7. The molecule has 0 radical (unpaired) electrons. The molecule has 1 N–H and O–H groups in total. The highest BCUT2D eigenvalue weighted by atomic mass is 79.9. The van der Waals surface area contributed by atoms with Crippen LogP contribution in [0.2, 0.25) is 0 Å². The van der Waals surface area contributed by atoms with E-state index in [0.717, 1.165) is 47.8 Å². The maximum Gasteiger partial charge on any atom is 0.182 e. The molecule has 1 fully saturated rings. The van der Waals surface area contributed by atoms with Gasteiger partial charge in [-0.2, -0.15) is 4.02 Å². The number of benzene rings is 1. The van der Waals surface area contributed by atoms with Crippen molar-refractivity contribution in [3.8, 4) is 5.75 Å². The summed E-state index contributed by atoms with van der Waals surface area (Å²) in [6.07, 6.45) is 4.88. The lowest BCUT2D eigenvalue weighted by molar-refractivity contribution is 0.0963. The topological polar surface area (TPSA) is 65.8 Å². The Bertz CT molecular complexity index is 1000. The van der Waals surface area contributed by atoms with Crippen LogP contribution in [0.15, 0.2) is 27.7 Å². The second-order valence-corrected chi connectivity index (χ2v) is 12.8. The molecule has 0 bridgehead atoms. The zero-order chi connectivity index (χ0) is 25.3. The van der Waals surface area contributed by atoms with E-state index in [-0.39, 0.29) is 29.1 Å². The number of amidine groups is 1. The fourth-order valence-corrected chi connectivity index (χ4v) is 6.04. The molecule has 2 aromatic rings. The van der Waals surface area contributed by atoms with Gasteiger partial charge in [0.2, 0.25) is 0 Å². The van der Waals surface area contributed by atoms with E-state index in [0.29, 0.717) is 17.2 Å². The van der Waals surface area contributed by atoms with Crippen LogP contribution in [0.5, 0.6) is 5.75 Å². The average Bonchev–Trinajstić information content (AvgIpc) is 3.35. The molecule has 2 atom stereocenters. The molecule has 1 aromatic heterocycles. The van der Waals surface area contributed by atoms with Gasteiger partial charge in [-0.25, -0.2) is 4.98 Å². The molecule has 2 heterocycles. The number of Topliss-reactive ketones (excluding diaryl/α,β-unsaturated/α-hetero) is 1. The third-order valence-electron chi connectivity index (χ3n) is 6.69. The number of ketones is 1. The molecule has 1 saturated heterocycles. The number of aromatic nitrogens is 1. The van der Waals surface area contributed by atoms with Crippen molar-refractivity contribution in [3.63, 3.8) is 0 Å². The van der Waals surface area contributed by atoms with Gasteiger partial charge in [-0.15, -0.1) is 11.3 Å². The summed E-state index contributed by atoms with van der Waals surface area (Å²) in [6, 6.07) is 3.76. The van der Waals surface area contributed by atoms with E-state index in [1.165, 1.54) is 0 Å². The van der Waals surface area contributed by atoms with Gasteiger partial charge >= 0.3 is 0 Å². The molecule has 0 aliphatic carbocycles. The van der Waals surface area contributed by atoms with Crippen LogP contribution >= 0.6 is 27.5 Å². The number of carbonyl (C=O) groups excluding carboxylic acids is 1. The first-order valence-corrected chi connectivity index (χ1v) is 13.7. The average molecular weight is 549 g/mol. The van der Waals surface area contributed by atoms with Gasteiger partial charge in [-0.3, -0.25) is 4.79 Å². The quantitative estimate of drug-likeness (QED) is 0.381. The predicted molar refractivity (Wildman–Crippen MR) is 145 cm³/mol. The van der Waals surface area contributed by atoms with Crippen molar-refractivity contribution in [2.45, 2.75) is 78.6 Å². The molecule has 7 heteroatoms. The largest absolute Gasteiger partial charge is 0.507 e. The minimum atomic E-state index is -0.276. The lowest BCUT2D eigenvalue weighted by atomic mass is 9.78. The summed E-state index contributed by atoms with van der Waals surface area (Å²) < 4.78 is 4.48. The Kier molecular flexibility index (Phi) is 8.29. The standard InChI is InChI=1S/C27H38BrN3O2S/c1-8-9-17-15-31(25(30-28)19(17)14-23-29-10-11-34-23)16-22(32)18-12-20(26(2,3)4)24(33)21(13-18)27(5,6)7/h10-13,17,19,33H,8-9,14-16H2,1-7H3/t17-,19+/m0/s1. The smallest absolute Gasteiger partial charge is 0.182 e. The number of thiazole rings is 1. The van der Waals surface area contributed by atoms with E-state index < -0.39 is 0 Å². The molecular formula is C27H38BrN3O2S. The maximum absolute atomic E-state index is 13.6. The van der Waals surface area contributed by atoms with Crippen molar-refractivity contribution in [2.75, 3.05) is 13.1 Å². The van der Waals surface area contributed by atoms with Crippen molar-refractivity contribution in [3.05, 3.63) is 45.4 Å². The third-order valence-corrected chi connectivity index (χ3v) is 7.85. The molecule has 186 valence electrons. The molecule has 1 aromatic carbocycles. The van der Waals surface area contributed by atoms with Gasteiger partial charge < -0.3 is 10.0 Å².